The zero-order chi connectivity index (χ0) is 13.7. The quantitative estimate of drug-likeness (QED) is 0.769. The highest BCUT2D eigenvalue weighted by atomic mass is 16.1. The molecule has 0 radical (unpaired) electrons. The van der Waals surface area contributed by atoms with E-state index in [1.165, 1.54) is 0 Å². The fourth-order valence-corrected chi connectivity index (χ4v) is 1.88. The zero-order valence-corrected chi connectivity index (χ0v) is 11.2. The van der Waals surface area contributed by atoms with Crippen molar-refractivity contribution in [1.29, 1.82) is 0 Å². The van der Waals surface area contributed by atoms with Crippen LogP contribution >= 0.6 is 0 Å². The summed E-state index contributed by atoms with van der Waals surface area (Å²) in [6.45, 7) is 5.30. The van der Waals surface area contributed by atoms with Gasteiger partial charge in [0, 0.05) is 24.0 Å². The summed E-state index contributed by atoms with van der Waals surface area (Å²) in [7, 11) is 0. The van der Waals surface area contributed by atoms with Crippen LogP contribution in [0.2, 0.25) is 0 Å². The average Bonchev–Trinajstić information content (AvgIpc) is 2.89. The van der Waals surface area contributed by atoms with E-state index in [1.807, 2.05) is 32.0 Å². The molecule has 5 heteroatoms. The first kappa shape index (κ1) is 13.1. The van der Waals surface area contributed by atoms with Gasteiger partial charge in [0.05, 0.1) is 18.6 Å². The van der Waals surface area contributed by atoms with Crippen molar-refractivity contribution in [3.63, 3.8) is 0 Å². The Bertz CT molecular complexity index is 549. The highest BCUT2D eigenvalue weighted by Gasteiger charge is 2.09. The van der Waals surface area contributed by atoms with Gasteiger partial charge in [-0.2, -0.15) is 0 Å². The molecule has 0 unspecified atom stereocenters. The van der Waals surface area contributed by atoms with Crippen molar-refractivity contribution in [2.75, 3.05) is 11.9 Å². The van der Waals surface area contributed by atoms with E-state index in [4.69, 9.17) is 0 Å². The summed E-state index contributed by atoms with van der Waals surface area (Å²) in [4.78, 5) is 18.9. The lowest BCUT2D eigenvalue weighted by Crippen LogP contribution is -2.23. The molecule has 1 aromatic carbocycles. The number of aryl methyl sites for hydroxylation is 1. The number of imidazole rings is 1. The van der Waals surface area contributed by atoms with Crippen molar-refractivity contribution < 1.29 is 4.79 Å². The molecular formula is C14H18N4O. The molecule has 19 heavy (non-hydrogen) atoms. The van der Waals surface area contributed by atoms with Crippen molar-refractivity contribution in [2.45, 2.75) is 20.4 Å². The molecule has 100 valence electrons. The Labute approximate surface area is 112 Å². The van der Waals surface area contributed by atoms with Gasteiger partial charge in [-0.3, -0.25) is 4.79 Å². The van der Waals surface area contributed by atoms with Gasteiger partial charge in [0.25, 0.3) is 5.91 Å². The molecule has 2 rings (SSSR count). The molecule has 1 amide bonds. The number of nitrogens with zero attached hydrogens (tertiary/aromatic N) is 1. The third-order valence-corrected chi connectivity index (χ3v) is 2.85. The lowest BCUT2D eigenvalue weighted by molar-refractivity contribution is 0.0950. The molecule has 3 N–H and O–H groups in total. The summed E-state index contributed by atoms with van der Waals surface area (Å²) in [6, 6.07) is 5.74. The van der Waals surface area contributed by atoms with E-state index in [0.717, 1.165) is 23.5 Å². The third-order valence-electron chi connectivity index (χ3n) is 2.85. The number of carbonyl (C=O) groups is 1. The van der Waals surface area contributed by atoms with Gasteiger partial charge < -0.3 is 15.6 Å². The number of aromatic nitrogens is 2. The van der Waals surface area contributed by atoms with Crippen LogP contribution in [-0.2, 0) is 6.54 Å². The van der Waals surface area contributed by atoms with Gasteiger partial charge in [-0.15, -0.1) is 0 Å². The first-order chi connectivity index (χ1) is 9.20. The Morgan fingerprint density at radius 1 is 1.42 bits per heavy atom. The van der Waals surface area contributed by atoms with Gasteiger partial charge in [0.15, 0.2) is 0 Å². The molecule has 0 atom stereocenters. The SMILES string of the molecule is CCNc1ccc(C(=O)NCc2cnc[nH]2)c(C)c1. The predicted octanol–water partition coefficient (Wildman–Crippen LogP) is 2.08. The molecule has 0 aliphatic carbocycles. The number of carbonyl (C=O) groups excluding carboxylic acids is 1. The van der Waals surface area contributed by atoms with Crippen molar-refractivity contribution >= 4 is 11.6 Å². The van der Waals surface area contributed by atoms with Crippen LogP contribution in [0.1, 0.15) is 28.5 Å². The summed E-state index contributed by atoms with van der Waals surface area (Å²) in [5, 5.41) is 6.09. The number of H-pyrrole nitrogens is 1. The van der Waals surface area contributed by atoms with Crippen LogP contribution in [0, 0.1) is 6.92 Å². The summed E-state index contributed by atoms with van der Waals surface area (Å²) in [5.74, 6) is -0.0739. The number of hydrogen-bond donors (Lipinski definition) is 3. The lowest BCUT2D eigenvalue weighted by Gasteiger charge is -2.09. The van der Waals surface area contributed by atoms with Gasteiger partial charge in [-0.1, -0.05) is 0 Å². The second-order valence-corrected chi connectivity index (χ2v) is 4.32. The highest BCUT2D eigenvalue weighted by molar-refractivity contribution is 5.96. The molecule has 0 aliphatic rings. The normalized spacial score (nSPS) is 10.2. The molecule has 2 aromatic rings. The van der Waals surface area contributed by atoms with Crippen molar-refractivity contribution in [1.82, 2.24) is 15.3 Å². The Morgan fingerprint density at radius 2 is 2.26 bits per heavy atom. The van der Waals surface area contributed by atoms with E-state index in [2.05, 4.69) is 20.6 Å². The van der Waals surface area contributed by atoms with Crippen molar-refractivity contribution in [3.8, 4) is 0 Å². The minimum absolute atomic E-state index is 0.0739. The molecule has 0 bridgehead atoms. The molecule has 5 nitrogen and oxygen atoms in total. The van der Waals surface area contributed by atoms with Gasteiger partial charge in [0.2, 0.25) is 0 Å². The molecular weight excluding hydrogens is 240 g/mol. The maximum Gasteiger partial charge on any atom is 0.251 e. The first-order valence-corrected chi connectivity index (χ1v) is 6.30. The number of hydrogen-bond acceptors (Lipinski definition) is 3. The third kappa shape index (κ3) is 3.34. The first-order valence-electron chi connectivity index (χ1n) is 6.30. The van der Waals surface area contributed by atoms with Gasteiger partial charge in [-0.25, -0.2) is 4.98 Å². The van der Waals surface area contributed by atoms with E-state index in [1.54, 1.807) is 12.5 Å². The van der Waals surface area contributed by atoms with Crippen LogP contribution in [0.3, 0.4) is 0 Å². The maximum absolute atomic E-state index is 12.1. The Balaban J connectivity index is 2.02. The standard InChI is InChI=1S/C14H18N4O/c1-3-16-11-4-5-13(10(2)6-11)14(19)17-8-12-7-15-9-18-12/h4-7,9,16H,3,8H2,1-2H3,(H,15,18)(H,17,19). The predicted molar refractivity (Wildman–Crippen MR) is 75.1 cm³/mol. The molecule has 0 saturated carbocycles. The number of rotatable bonds is 5. The van der Waals surface area contributed by atoms with Crippen LogP contribution in [-0.4, -0.2) is 22.4 Å². The molecule has 1 aromatic heterocycles. The Hall–Kier alpha value is -2.30. The second kappa shape index (κ2) is 6.04. The summed E-state index contributed by atoms with van der Waals surface area (Å²) >= 11 is 0. The number of aromatic amines is 1. The fraction of sp³-hybridized carbons (Fsp3) is 0.286. The van der Waals surface area contributed by atoms with E-state index >= 15 is 0 Å². The molecule has 1 heterocycles. The van der Waals surface area contributed by atoms with Gasteiger partial charge >= 0.3 is 0 Å². The zero-order valence-electron chi connectivity index (χ0n) is 11.2. The van der Waals surface area contributed by atoms with Crippen LogP contribution in [0.4, 0.5) is 5.69 Å². The van der Waals surface area contributed by atoms with Crippen LogP contribution in [0.5, 0.6) is 0 Å². The summed E-state index contributed by atoms with van der Waals surface area (Å²) in [6.07, 6.45) is 3.29. The summed E-state index contributed by atoms with van der Waals surface area (Å²) in [5.41, 5.74) is 3.57. The van der Waals surface area contributed by atoms with E-state index in [-0.39, 0.29) is 5.91 Å². The Morgan fingerprint density at radius 3 is 2.89 bits per heavy atom. The second-order valence-electron chi connectivity index (χ2n) is 4.32. The smallest absolute Gasteiger partial charge is 0.251 e. The number of nitrogens with one attached hydrogen (secondary N) is 3. The topological polar surface area (TPSA) is 69.8 Å². The average molecular weight is 258 g/mol. The van der Waals surface area contributed by atoms with Crippen LogP contribution < -0.4 is 10.6 Å². The number of anilines is 1. The minimum atomic E-state index is -0.0739. The van der Waals surface area contributed by atoms with E-state index in [0.29, 0.717) is 12.1 Å². The molecule has 0 saturated heterocycles. The summed E-state index contributed by atoms with van der Waals surface area (Å²) < 4.78 is 0. The maximum atomic E-state index is 12.1. The van der Waals surface area contributed by atoms with E-state index < -0.39 is 0 Å². The monoisotopic (exact) mass is 258 g/mol. The van der Waals surface area contributed by atoms with E-state index in [9.17, 15) is 4.79 Å². The van der Waals surface area contributed by atoms with Crippen molar-refractivity contribution in [2.24, 2.45) is 0 Å². The molecule has 0 spiro atoms. The highest BCUT2D eigenvalue weighted by Crippen LogP contribution is 2.15. The Kier molecular flexibility index (Phi) is 4.18. The molecule has 0 aliphatic heterocycles. The van der Waals surface area contributed by atoms with Crippen molar-refractivity contribution in [3.05, 3.63) is 47.5 Å². The lowest BCUT2D eigenvalue weighted by atomic mass is 10.1. The molecule has 0 fully saturated rings. The van der Waals surface area contributed by atoms with Gasteiger partial charge in [-0.05, 0) is 37.6 Å². The van der Waals surface area contributed by atoms with Crippen LogP contribution in [0.15, 0.2) is 30.7 Å². The van der Waals surface area contributed by atoms with Crippen LogP contribution in [0.25, 0.3) is 0 Å². The number of amides is 1. The largest absolute Gasteiger partial charge is 0.385 e. The minimum Gasteiger partial charge on any atom is -0.385 e. The fourth-order valence-electron chi connectivity index (χ4n) is 1.88. The number of benzene rings is 1. The van der Waals surface area contributed by atoms with Gasteiger partial charge in [0.1, 0.15) is 0 Å².